The van der Waals surface area contributed by atoms with Crippen LogP contribution < -0.4 is 10.1 Å². The van der Waals surface area contributed by atoms with Crippen molar-refractivity contribution in [2.24, 2.45) is 0 Å². The summed E-state index contributed by atoms with van der Waals surface area (Å²) in [6.07, 6.45) is 0. The summed E-state index contributed by atoms with van der Waals surface area (Å²) in [6.45, 7) is 3.84. The SMILES string of the molecule is COc1c(C)cc(Br)cc1C(=O)Nc1cccc2ccc(C)nc12. The highest BCUT2D eigenvalue weighted by atomic mass is 79.9. The Balaban J connectivity index is 2.04. The lowest BCUT2D eigenvalue weighted by atomic mass is 10.1. The lowest BCUT2D eigenvalue weighted by Gasteiger charge is -2.13. The number of halogens is 1. The number of rotatable bonds is 3. The summed E-state index contributed by atoms with van der Waals surface area (Å²) in [4.78, 5) is 17.3. The number of nitrogens with zero attached hydrogens (tertiary/aromatic N) is 1. The number of nitrogens with one attached hydrogen (secondary N) is 1. The molecule has 0 aliphatic heterocycles. The topological polar surface area (TPSA) is 51.2 Å². The van der Waals surface area contributed by atoms with Gasteiger partial charge in [0.05, 0.1) is 23.9 Å². The Morgan fingerprint density at radius 1 is 1.17 bits per heavy atom. The van der Waals surface area contributed by atoms with E-state index in [1.807, 2.05) is 50.2 Å². The summed E-state index contributed by atoms with van der Waals surface area (Å²) in [7, 11) is 1.57. The first-order valence-corrected chi connectivity index (χ1v) is 8.31. The molecule has 0 bridgehead atoms. The Labute approximate surface area is 149 Å². The maximum Gasteiger partial charge on any atom is 0.259 e. The second-order valence-corrected chi connectivity index (χ2v) is 6.50. The van der Waals surface area contributed by atoms with Crippen molar-refractivity contribution < 1.29 is 9.53 Å². The number of pyridine rings is 1. The number of amides is 1. The maximum atomic E-state index is 12.8. The van der Waals surface area contributed by atoms with Crippen LogP contribution in [0.1, 0.15) is 21.6 Å². The molecule has 1 amide bonds. The van der Waals surface area contributed by atoms with Crippen LogP contribution in [0.15, 0.2) is 46.9 Å². The molecular formula is C19H17BrN2O2. The van der Waals surface area contributed by atoms with E-state index in [4.69, 9.17) is 4.74 Å². The molecule has 0 aliphatic rings. The molecule has 0 saturated carbocycles. The number of methoxy groups -OCH3 is 1. The minimum absolute atomic E-state index is 0.230. The summed E-state index contributed by atoms with van der Waals surface area (Å²) < 4.78 is 6.23. The molecule has 0 spiro atoms. The molecule has 5 heteroatoms. The van der Waals surface area contributed by atoms with Gasteiger partial charge in [0, 0.05) is 15.6 Å². The predicted octanol–water partition coefficient (Wildman–Crippen LogP) is 4.88. The van der Waals surface area contributed by atoms with Gasteiger partial charge in [-0.3, -0.25) is 9.78 Å². The number of hydrogen-bond donors (Lipinski definition) is 1. The van der Waals surface area contributed by atoms with E-state index in [-0.39, 0.29) is 5.91 Å². The Hall–Kier alpha value is -2.40. The molecule has 1 aromatic heterocycles. The highest BCUT2D eigenvalue weighted by Gasteiger charge is 2.17. The lowest BCUT2D eigenvalue weighted by Crippen LogP contribution is -2.14. The van der Waals surface area contributed by atoms with Crippen LogP contribution in [-0.2, 0) is 0 Å². The van der Waals surface area contributed by atoms with Crippen molar-refractivity contribution in [3.63, 3.8) is 0 Å². The first-order chi connectivity index (χ1) is 11.5. The third kappa shape index (κ3) is 3.12. The van der Waals surface area contributed by atoms with Crippen molar-refractivity contribution in [2.45, 2.75) is 13.8 Å². The quantitative estimate of drug-likeness (QED) is 0.700. The molecule has 3 aromatic rings. The van der Waals surface area contributed by atoms with Crippen LogP contribution in [0.3, 0.4) is 0 Å². The monoisotopic (exact) mass is 384 g/mol. The third-order valence-electron chi connectivity index (χ3n) is 3.80. The minimum Gasteiger partial charge on any atom is -0.496 e. The largest absolute Gasteiger partial charge is 0.496 e. The second kappa shape index (κ2) is 6.61. The molecule has 0 atom stereocenters. The van der Waals surface area contributed by atoms with Crippen LogP contribution in [0.4, 0.5) is 5.69 Å². The number of ether oxygens (including phenoxy) is 1. The van der Waals surface area contributed by atoms with Gasteiger partial charge in [-0.05, 0) is 43.7 Å². The molecule has 1 heterocycles. The van der Waals surface area contributed by atoms with Gasteiger partial charge in [0.15, 0.2) is 0 Å². The molecule has 0 aliphatic carbocycles. The zero-order valence-corrected chi connectivity index (χ0v) is 15.3. The van der Waals surface area contributed by atoms with E-state index >= 15 is 0 Å². The molecule has 24 heavy (non-hydrogen) atoms. The second-order valence-electron chi connectivity index (χ2n) is 5.59. The highest BCUT2D eigenvalue weighted by Crippen LogP contribution is 2.29. The smallest absolute Gasteiger partial charge is 0.259 e. The van der Waals surface area contributed by atoms with E-state index in [1.54, 1.807) is 13.2 Å². The minimum atomic E-state index is -0.230. The van der Waals surface area contributed by atoms with Gasteiger partial charge in [-0.2, -0.15) is 0 Å². The van der Waals surface area contributed by atoms with Gasteiger partial charge in [-0.1, -0.05) is 34.1 Å². The zero-order valence-electron chi connectivity index (χ0n) is 13.7. The summed E-state index contributed by atoms with van der Waals surface area (Å²) in [5.74, 6) is 0.340. The molecule has 3 rings (SSSR count). The Morgan fingerprint density at radius 3 is 2.71 bits per heavy atom. The molecule has 2 aromatic carbocycles. The van der Waals surface area contributed by atoms with E-state index in [0.717, 1.165) is 26.6 Å². The number of carbonyl (C=O) groups is 1. The molecule has 1 N–H and O–H groups in total. The standard InChI is InChI=1S/C19H17BrN2O2/c1-11-9-14(20)10-15(18(11)24-3)19(23)22-16-6-4-5-13-8-7-12(2)21-17(13)16/h4-10H,1-3H3,(H,22,23). The number of aryl methyl sites for hydroxylation is 2. The first kappa shape index (κ1) is 16.5. The number of anilines is 1. The van der Waals surface area contributed by atoms with Crippen molar-refractivity contribution in [3.05, 3.63) is 63.8 Å². The summed E-state index contributed by atoms with van der Waals surface area (Å²) in [5, 5.41) is 3.94. The lowest BCUT2D eigenvalue weighted by molar-refractivity contribution is 0.102. The average molecular weight is 385 g/mol. The Bertz CT molecular complexity index is 938. The van der Waals surface area contributed by atoms with Crippen molar-refractivity contribution in [1.82, 2.24) is 4.98 Å². The fraction of sp³-hybridized carbons (Fsp3) is 0.158. The maximum absolute atomic E-state index is 12.8. The van der Waals surface area contributed by atoms with Crippen molar-refractivity contribution in [1.29, 1.82) is 0 Å². The van der Waals surface area contributed by atoms with Gasteiger partial charge in [-0.15, -0.1) is 0 Å². The van der Waals surface area contributed by atoms with E-state index in [9.17, 15) is 4.79 Å². The van der Waals surface area contributed by atoms with Gasteiger partial charge in [0.25, 0.3) is 5.91 Å². The fourth-order valence-corrected chi connectivity index (χ4v) is 3.28. The molecule has 0 unspecified atom stereocenters. The summed E-state index contributed by atoms with van der Waals surface area (Å²) >= 11 is 3.43. The first-order valence-electron chi connectivity index (χ1n) is 7.51. The van der Waals surface area contributed by atoms with Gasteiger partial charge in [-0.25, -0.2) is 0 Å². The van der Waals surface area contributed by atoms with Gasteiger partial charge in [0.2, 0.25) is 0 Å². The van der Waals surface area contributed by atoms with Crippen LogP contribution in [0.25, 0.3) is 10.9 Å². The van der Waals surface area contributed by atoms with E-state index in [1.165, 1.54) is 0 Å². The molecule has 0 fully saturated rings. The van der Waals surface area contributed by atoms with Crippen molar-refractivity contribution in [3.8, 4) is 5.75 Å². The predicted molar refractivity (Wildman–Crippen MR) is 99.9 cm³/mol. The molecule has 4 nitrogen and oxygen atoms in total. The molecular weight excluding hydrogens is 368 g/mol. The fourth-order valence-electron chi connectivity index (χ4n) is 2.70. The Morgan fingerprint density at radius 2 is 1.96 bits per heavy atom. The molecule has 0 radical (unpaired) electrons. The normalized spacial score (nSPS) is 10.7. The van der Waals surface area contributed by atoms with Crippen LogP contribution in [0.2, 0.25) is 0 Å². The van der Waals surface area contributed by atoms with Gasteiger partial charge >= 0.3 is 0 Å². The number of para-hydroxylation sites is 1. The molecule has 0 saturated heterocycles. The number of carbonyl (C=O) groups excluding carboxylic acids is 1. The van der Waals surface area contributed by atoms with Crippen molar-refractivity contribution in [2.75, 3.05) is 12.4 Å². The average Bonchev–Trinajstić information content (AvgIpc) is 2.54. The number of aromatic nitrogens is 1. The van der Waals surface area contributed by atoms with Crippen LogP contribution >= 0.6 is 15.9 Å². The third-order valence-corrected chi connectivity index (χ3v) is 4.25. The number of fused-ring (bicyclic) bond motifs is 1. The summed E-state index contributed by atoms with van der Waals surface area (Å²) in [5.41, 5.74) is 3.73. The Kier molecular flexibility index (Phi) is 4.53. The van der Waals surface area contributed by atoms with Crippen LogP contribution in [0.5, 0.6) is 5.75 Å². The van der Waals surface area contributed by atoms with Crippen LogP contribution in [0, 0.1) is 13.8 Å². The summed E-state index contributed by atoms with van der Waals surface area (Å²) in [6, 6.07) is 13.3. The van der Waals surface area contributed by atoms with Gasteiger partial charge < -0.3 is 10.1 Å². The van der Waals surface area contributed by atoms with E-state index < -0.39 is 0 Å². The number of benzene rings is 2. The van der Waals surface area contributed by atoms with E-state index in [2.05, 4.69) is 26.2 Å². The van der Waals surface area contributed by atoms with Crippen molar-refractivity contribution >= 4 is 38.4 Å². The van der Waals surface area contributed by atoms with Crippen LogP contribution in [-0.4, -0.2) is 18.0 Å². The molecule has 122 valence electrons. The highest BCUT2D eigenvalue weighted by molar-refractivity contribution is 9.10. The van der Waals surface area contributed by atoms with Gasteiger partial charge in [0.1, 0.15) is 5.75 Å². The van der Waals surface area contributed by atoms with E-state index in [0.29, 0.717) is 17.0 Å². The number of hydrogen-bond acceptors (Lipinski definition) is 3. The zero-order chi connectivity index (χ0) is 17.3.